The van der Waals surface area contributed by atoms with Crippen LogP contribution in [-0.4, -0.2) is 36.5 Å². The zero-order valence-electron chi connectivity index (χ0n) is 24.1. The molecule has 2 aromatic carbocycles. The molecule has 9 nitrogen and oxygen atoms in total. The first-order valence-corrected chi connectivity index (χ1v) is 13.9. The molecule has 0 aromatic heterocycles. The van der Waals surface area contributed by atoms with Crippen molar-refractivity contribution in [3.63, 3.8) is 0 Å². The third-order valence-corrected chi connectivity index (χ3v) is 6.32. The number of nitrogen functional groups attached to an aromatic ring is 1. The summed E-state index contributed by atoms with van der Waals surface area (Å²) in [6.07, 6.45) is 5.57. The molecule has 2 amide bonds. The van der Waals surface area contributed by atoms with Crippen molar-refractivity contribution >= 4 is 40.4 Å². The molecule has 2 rings (SSSR count). The van der Waals surface area contributed by atoms with Gasteiger partial charge in [0.25, 0.3) is 0 Å². The number of carbonyl (C=O) groups excluding carboxylic acids is 4. The fourth-order valence-corrected chi connectivity index (χ4v) is 3.81. The summed E-state index contributed by atoms with van der Waals surface area (Å²) in [7, 11) is 0. The maximum atomic E-state index is 12.5. The summed E-state index contributed by atoms with van der Waals surface area (Å²) in [6, 6.07) is 11.9. The lowest BCUT2D eigenvalue weighted by Crippen LogP contribution is -2.24. The van der Waals surface area contributed by atoms with Gasteiger partial charge in [0.05, 0.1) is 11.4 Å². The van der Waals surface area contributed by atoms with E-state index in [-0.39, 0.29) is 23.4 Å². The van der Waals surface area contributed by atoms with Crippen LogP contribution < -0.4 is 16.4 Å². The minimum Gasteiger partial charge on any atom is -0.397 e. The van der Waals surface area contributed by atoms with Crippen LogP contribution in [0.3, 0.4) is 0 Å². The SMILES string of the molecule is C=C(C)C(=O)NCCCCCC(=O)c1ccc(N=Nc2ccc(C(=O)CCCCCNC(=O)C(=C)C)cc2N)cc1. The van der Waals surface area contributed by atoms with E-state index < -0.39 is 0 Å². The van der Waals surface area contributed by atoms with Gasteiger partial charge in [-0.05, 0) is 82.0 Å². The lowest BCUT2D eigenvalue weighted by molar-refractivity contribution is -0.118. The van der Waals surface area contributed by atoms with E-state index in [4.69, 9.17) is 5.73 Å². The highest BCUT2D eigenvalue weighted by Gasteiger charge is 2.10. The highest BCUT2D eigenvalue weighted by Crippen LogP contribution is 2.26. The minimum absolute atomic E-state index is 0.000891. The van der Waals surface area contributed by atoms with Crippen molar-refractivity contribution in [3.05, 3.63) is 77.9 Å². The second-order valence-corrected chi connectivity index (χ2v) is 10.1. The lowest BCUT2D eigenvalue weighted by Gasteiger charge is -2.06. The van der Waals surface area contributed by atoms with Gasteiger partial charge >= 0.3 is 0 Å². The van der Waals surface area contributed by atoms with Gasteiger partial charge < -0.3 is 16.4 Å². The number of anilines is 1. The summed E-state index contributed by atoms with van der Waals surface area (Å²) in [5, 5.41) is 14.0. The zero-order valence-corrected chi connectivity index (χ0v) is 24.1. The average Bonchev–Trinajstić information content (AvgIpc) is 2.95. The van der Waals surface area contributed by atoms with Crippen LogP contribution in [0.4, 0.5) is 17.1 Å². The Morgan fingerprint density at radius 1 is 0.683 bits per heavy atom. The molecule has 0 aliphatic heterocycles. The lowest BCUT2D eigenvalue weighted by atomic mass is 10.0. The highest BCUT2D eigenvalue weighted by molar-refractivity contribution is 5.98. The fraction of sp³-hybridized carbons (Fsp3) is 0.375. The Morgan fingerprint density at radius 2 is 1.17 bits per heavy atom. The average molecular weight is 560 g/mol. The molecule has 0 heterocycles. The van der Waals surface area contributed by atoms with E-state index in [1.54, 1.807) is 56.3 Å². The highest BCUT2D eigenvalue weighted by atomic mass is 16.2. The summed E-state index contributed by atoms with van der Waals surface area (Å²) >= 11 is 0. The van der Waals surface area contributed by atoms with Crippen molar-refractivity contribution in [3.8, 4) is 0 Å². The van der Waals surface area contributed by atoms with E-state index in [0.29, 0.717) is 65.3 Å². The van der Waals surface area contributed by atoms with Gasteiger partial charge in [-0.3, -0.25) is 19.2 Å². The Kier molecular flexibility index (Phi) is 13.9. The van der Waals surface area contributed by atoms with Crippen LogP contribution in [0.25, 0.3) is 0 Å². The van der Waals surface area contributed by atoms with E-state index in [1.807, 2.05) is 0 Å². The van der Waals surface area contributed by atoms with Crippen LogP contribution in [0.15, 0.2) is 77.0 Å². The summed E-state index contributed by atoms with van der Waals surface area (Å²) in [4.78, 5) is 47.9. The summed E-state index contributed by atoms with van der Waals surface area (Å²) < 4.78 is 0. The molecule has 0 aliphatic carbocycles. The van der Waals surface area contributed by atoms with Crippen LogP contribution in [0.2, 0.25) is 0 Å². The normalized spacial score (nSPS) is 10.8. The number of nitrogens with two attached hydrogens (primary N) is 1. The van der Waals surface area contributed by atoms with Crippen LogP contribution in [0.5, 0.6) is 0 Å². The molecule has 41 heavy (non-hydrogen) atoms. The van der Waals surface area contributed by atoms with Crippen LogP contribution in [0.1, 0.15) is 85.9 Å². The Hall–Kier alpha value is -4.40. The molecule has 0 spiro atoms. The van der Waals surface area contributed by atoms with E-state index in [2.05, 4.69) is 34.0 Å². The van der Waals surface area contributed by atoms with Gasteiger partial charge in [0.2, 0.25) is 11.8 Å². The van der Waals surface area contributed by atoms with Gasteiger partial charge in [0.1, 0.15) is 5.69 Å². The van der Waals surface area contributed by atoms with Crippen molar-refractivity contribution < 1.29 is 19.2 Å². The van der Waals surface area contributed by atoms with Gasteiger partial charge in [-0.15, -0.1) is 5.11 Å². The number of rotatable bonds is 18. The minimum atomic E-state index is -0.150. The largest absolute Gasteiger partial charge is 0.397 e. The number of nitrogens with zero attached hydrogens (tertiary/aromatic N) is 2. The standard InChI is InChI=1S/C32H41N5O4/c1-22(2)31(40)34-19-9-5-7-11-29(38)24-13-16-26(17-14-24)36-37-28-18-15-25(21-27(28)33)30(39)12-8-6-10-20-35-32(41)23(3)4/h13-18,21H,1,3,5-12,19-20,33H2,2,4H3,(H,34,40)(H,35,41). The number of Topliss-reactive ketones (excluding diaryl/α,β-unsaturated/α-hetero) is 2. The molecule has 0 radical (unpaired) electrons. The Morgan fingerprint density at radius 3 is 1.66 bits per heavy atom. The van der Waals surface area contributed by atoms with Gasteiger partial charge in [-0.25, -0.2) is 0 Å². The monoisotopic (exact) mass is 559 g/mol. The first kappa shape index (κ1) is 32.8. The Labute approximate surface area is 242 Å². The fourth-order valence-electron chi connectivity index (χ4n) is 3.81. The topological polar surface area (TPSA) is 143 Å². The molecule has 218 valence electrons. The summed E-state index contributed by atoms with van der Waals surface area (Å²) in [5.41, 5.74) is 9.60. The molecule has 0 unspecified atom stereocenters. The zero-order chi connectivity index (χ0) is 30.2. The smallest absolute Gasteiger partial charge is 0.246 e. The first-order valence-electron chi connectivity index (χ1n) is 13.9. The third kappa shape index (κ3) is 12.1. The molecule has 0 saturated carbocycles. The number of nitrogens with one attached hydrogen (secondary N) is 2. The van der Waals surface area contributed by atoms with Crippen molar-refractivity contribution in [2.45, 2.75) is 65.2 Å². The predicted molar refractivity (Wildman–Crippen MR) is 163 cm³/mol. The number of benzene rings is 2. The Balaban J connectivity index is 1.76. The van der Waals surface area contributed by atoms with E-state index in [9.17, 15) is 19.2 Å². The number of hydrogen-bond donors (Lipinski definition) is 3. The molecule has 0 atom stereocenters. The molecule has 0 fully saturated rings. The molecule has 4 N–H and O–H groups in total. The molecule has 2 aromatic rings. The molecular formula is C32H41N5O4. The van der Waals surface area contributed by atoms with E-state index >= 15 is 0 Å². The molecule has 9 heteroatoms. The number of ketones is 2. The van der Waals surface area contributed by atoms with Crippen molar-refractivity contribution in [1.82, 2.24) is 10.6 Å². The second kappa shape index (κ2) is 17.3. The summed E-state index contributed by atoms with van der Waals surface area (Å²) in [6.45, 7) is 11.7. The van der Waals surface area contributed by atoms with Gasteiger partial charge in [-0.1, -0.05) is 26.0 Å². The van der Waals surface area contributed by atoms with Crippen LogP contribution in [0, 0.1) is 0 Å². The molecule has 0 bridgehead atoms. The summed E-state index contributed by atoms with van der Waals surface area (Å²) in [5.74, 6) is -0.238. The van der Waals surface area contributed by atoms with Crippen molar-refractivity contribution in [1.29, 1.82) is 0 Å². The molecule has 0 aliphatic rings. The maximum Gasteiger partial charge on any atom is 0.246 e. The molecular weight excluding hydrogens is 518 g/mol. The predicted octanol–water partition coefficient (Wildman–Crippen LogP) is 6.56. The maximum absolute atomic E-state index is 12.5. The van der Waals surface area contributed by atoms with E-state index in [1.165, 1.54) is 0 Å². The number of hydrogen-bond acceptors (Lipinski definition) is 7. The number of azo groups is 1. The number of carbonyl (C=O) groups is 4. The van der Waals surface area contributed by atoms with Crippen LogP contribution >= 0.6 is 0 Å². The van der Waals surface area contributed by atoms with E-state index in [0.717, 1.165) is 38.5 Å². The van der Waals surface area contributed by atoms with Gasteiger partial charge in [0.15, 0.2) is 11.6 Å². The van der Waals surface area contributed by atoms with Crippen molar-refractivity contribution in [2.24, 2.45) is 10.2 Å². The third-order valence-electron chi connectivity index (χ3n) is 6.32. The van der Waals surface area contributed by atoms with Crippen LogP contribution in [-0.2, 0) is 9.59 Å². The quantitative estimate of drug-likeness (QED) is 0.0623. The van der Waals surface area contributed by atoms with Gasteiger partial charge in [0, 0.05) is 48.2 Å². The first-order chi connectivity index (χ1) is 19.6. The Bertz CT molecular complexity index is 1280. The second-order valence-electron chi connectivity index (χ2n) is 10.1. The number of amides is 2. The number of unbranched alkanes of at least 4 members (excludes halogenated alkanes) is 4. The van der Waals surface area contributed by atoms with Crippen molar-refractivity contribution in [2.75, 3.05) is 18.8 Å². The van der Waals surface area contributed by atoms with Gasteiger partial charge in [-0.2, -0.15) is 5.11 Å². The molecule has 0 saturated heterocycles.